The number of rotatable bonds is 3. The van der Waals surface area contributed by atoms with Crippen LogP contribution in [0.25, 0.3) is 10.9 Å². The average Bonchev–Trinajstić information content (AvgIpc) is 2.82. The number of benzene rings is 2. The largest absolute Gasteiger partial charge is 0.467 e. The minimum absolute atomic E-state index is 0.0950. The number of aromatic nitrogens is 2. The van der Waals surface area contributed by atoms with Crippen molar-refractivity contribution in [3.05, 3.63) is 52.5 Å². The molecule has 2 aromatic carbocycles. The molecule has 0 spiro atoms. The van der Waals surface area contributed by atoms with E-state index in [9.17, 15) is 21.6 Å². The summed E-state index contributed by atoms with van der Waals surface area (Å²) < 4.78 is 68.9. The number of nitrogens with zero attached hydrogens (tertiary/aromatic N) is 3. The first-order valence-electron chi connectivity index (χ1n) is 8.85. The summed E-state index contributed by atoms with van der Waals surface area (Å²) in [5.41, 5.74) is 0.966. The lowest BCUT2D eigenvalue weighted by molar-refractivity contribution is -0.153. The fraction of sp³-hybridized carbons (Fsp3) is 0.263. The van der Waals surface area contributed by atoms with Gasteiger partial charge in [-0.15, -0.1) is 0 Å². The van der Waals surface area contributed by atoms with E-state index in [0.29, 0.717) is 20.9 Å². The van der Waals surface area contributed by atoms with Crippen LogP contribution in [0.1, 0.15) is 5.56 Å². The number of alkyl halides is 3. The molecule has 3 aromatic rings. The fourth-order valence-electron chi connectivity index (χ4n) is 3.20. The molecule has 6 nitrogen and oxygen atoms in total. The van der Waals surface area contributed by atoms with Gasteiger partial charge in [-0.25, -0.2) is 13.4 Å². The summed E-state index contributed by atoms with van der Waals surface area (Å²) in [7, 11) is -3.49. The number of ether oxygens (including phenoxy) is 1. The zero-order valence-corrected chi connectivity index (χ0v) is 17.8. The third-order valence-corrected chi connectivity index (χ3v) is 6.85. The van der Waals surface area contributed by atoms with Gasteiger partial charge in [0.05, 0.1) is 21.6 Å². The molecule has 1 aliphatic heterocycles. The first kappa shape index (κ1) is 20.9. The van der Waals surface area contributed by atoms with Crippen LogP contribution in [0.2, 0.25) is 0 Å². The van der Waals surface area contributed by atoms with Crippen molar-refractivity contribution in [3.8, 4) is 5.88 Å². The van der Waals surface area contributed by atoms with E-state index in [1.807, 2.05) is 0 Å². The molecule has 0 amide bonds. The molecule has 0 aliphatic carbocycles. The standard InChI is InChI=1S/C19H15BrF3N3O3S/c20-13-5-6-15-14(9-13)17(29-11-19(21,22)23)25-18(24-15)26-7-8-30(27,28)16-4-2-1-3-12(16)10-26/h1-6,9H,7-8,10-11H2. The van der Waals surface area contributed by atoms with E-state index in [1.165, 1.54) is 0 Å². The monoisotopic (exact) mass is 501 g/mol. The van der Waals surface area contributed by atoms with E-state index in [2.05, 4.69) is 25.9 Å². The van der Waals surface area contributed by atoms with Gasteiger partial charge in [0.1, 0.15) is 0 Å². The molecule has 0 radical (unpaired) electrons. The van der Waals surface area contributed by atoms with Crippen molar-refractivity contribution in [2.24, 2.45) is 0 Å². The minimum Gasteiger partial charge on any atom is -0.467 e. The summed E-state index contributed by atoms with van der Waals surface area (Å²) in [5, 5.41) is 0.320. The molecule has 0 unspecified atom stereocenters. The second-order valence-electron chi connectivity index (χ2n) is 6.74. The van der Waals surface area contributed by atoms with Crippen LogP contribution in [0.4, 0.5) is 19.1 Å². The minimum atomic E-state index is -4.53. The molecule has 30 heavy (non-hydrogen) atoms. The van der Waals surface area contributed by atoms with Gasteiger partial charge in [0, 0.05) is 17.6 Å². The Hall–Kier alpha value is -2.40. The van der Waals surface area contributed by atoms with Gasteiger partial charge in [0.25, 0.3) is 0 Å². The molecule has 0 bridgehead atoms. The summed E-state index contributed by atoms with van der Waals surface area (Å²) >= 11 is 3.28. The highest BCUT2D eigenvalue weighted by atomic mass is 79.9. The second kappa shape index (κ2) is 7.69. The maximum Gasteiger partial charge on any atom is 0.422 e. The molecule has 11 heteroatoms. The number of anilines is 1. The number of hydrogen-bond acceptors (Lipinski definition) is 6. The fourth-order valence-corrected chi connectivity index (χ4v) is 5.06. The highest BCUT2D eigenvalue weighted by molar-refractivity contribution is 9.10. The number of fused-ring (bicyclic) bond motifs is 2. The lowest BCUT2D eigenvalue weighted by Gasteiger charge is -2.21. The van der Waals surface area contributed by atoms with Crippen molar-refractivity contribution in [1.82, 2.24) is 9.97 Å². The van der Waals surface area contributed by atoms with Crippen LogP contribution in [-0.4, -0.2) is 43.5 Å². The number of hydrogen-bond donors (Lipinski definition) is 0. The Balaban J connectivity index is 1.78. The quantitative estimate of drug-likeness (QED) is 0.537. The van der Waals surface area contributed by atoms with Crippen molar-refractivity contribution in [2.75, 3.05) is 23.8 Å². The molecule has 158 valence electrons. The van der Waals surface area contributed by atoms with Crippen molar-refractivity contribution < 1.29 is 26.3 Å². The maximum absolute atomic E-state index is 12.7. The number of halogens is 4. The van der Waals surface area contributed by atoms with E-state index < -0.39 is 22.6 Å². The van der Waals surface area contributed by atoms with Crippen LogP contribution in [0.15, 0.2) is 51.8 Å². The molecule has 0 saturated heterocycles. The van der Waals surface area contributed by atoms with Crippen molar-refractivity contribution in [1.29, 1.82) is 0 Å². The Labute approximate surface area is 178 Å². The Bertz CT molecular complexity index is 1220. The second-order valence-corrected chi connectivity index (χ2v) is 9.74. The van der Waals surface area contributed by atoms with Gasteiger partial charge in [-0.05, 0) is 29.8 Å². The lowest BCUT2D eigenvalue weighted by atomic mass is 10.2. The van der Waals surface area contributed by atoms with Gasteiger partial charge in [-0.1, -0.05) is 34.1 Å². The summed E-state index contributed by atoms with van der Waals surface area (Å²) in [4.78, 5) is 10.5. The van der Waals surface area contributed by atoms with Crippen LogP contribution in [0.5, 0.6) is 5.88 Å². The Morgan fingerprint density at radius 3 is 2.67 bits per heavy atom. The molecular formula is C19H15BrF3N3O3S. The van der Waals surface area contributed by atoms with Crippen molar-refractivity contribution in [3.63, 3.8) is 0 Å². The predicted molar refractivity (Wildman–Crippen MR) is 108 cm³/mol. The molecule has 0 N–H and O–H groups in total. The van der Waals surface area contributed by atoms with Gasteiger partial charge in [0.2, 0.25) is 11.8 Å². The number of sulfone groups is 1. The zero-order chi connectivity index (χ0) is 21.5. The third-order valence-electron chi connectivity index (χ3n) is 4.57. The van der Waals surface area contributed by atoms with E-state index in [4.69, 9.17) is 4.74 Å². The third kappa shape index (κ3) is 4.36. The molecule has 0 saturated carbocycles. The molecule has 0 fully saturated rings. The molecule has 2 heterocycles. The summed E-state index contributed by atoms with van der Waals surface area (Å²) in [5.74, 6) is -0.271. The summed E-state index contributed by atoms with van der Waals surface area (Å²) in [6.07, 6.45) is -4.53. The van der Waals surface area contributed by atoms with Gasteiger partial charge in [-0.2, -0.15) is 18.2 Å². The van der Waals surface area contributed by atoms with E-state index in [-0.39, 0.29) is 35.6 Å². The maximum atomic E-state index is 12.7. The van der Waals surface area contributed by atoms with Gasteiger partial charge in [0.15, 0.2) is 16.4 Å². The van der Waals surface area contributed by atoms with Crippen LogP contribution in [-0.2, 0) is 16.4 Å². The molecule has 4 rings (SSSR count). The van der Waals surface area contributed by atoms with Crippen LogP contribution >= 0.6 is 15.9 Å². The van der Waals surface area contributed by atoms with E-state index >= 15 is 0 Å². The Morgan fingerprint density at radius 2 is 1.90 bits per heavy atom. The Kier molecular flexibility index (Phi) is 5.35. The highest BCUT2D eigenvalue weighted by Gasteiger charge is 2.30. The summed E-state index contributed by atoms with van der Waals surface area (Å²) in [6.45, 7) is -1.20. The van der Waals surface area contributed by atoms with Crippen LogP contribution < -0.4 is 9.64 Å². The highest BCUT2D eigenvalue weighted by Crippen LogP contribution is 2.31. The normalized spacial score (nSPS) is 16.2. The SMILES string of the molecule is O=S1(=O)CCN(c2nc(OCC(F)(F)F)c3cc(Br)ccc3n2)Cc2ccccc21. The molecule has 1 aromatic heterocycles. The molecular weight excluding hydrogens is 487 g/mol. The van der Waals surface area contributed by atoms with Gasteiger partial charge >= 0.3 is 6.18 Å². The first-order chi connectivity index (χ1) is 14.1. The molecule has 1 aliphatic rings. The van der Waals surface area contributed by atoms with Gasteiger partial charge < -0.3 is 9.64 Å². The van der Waals surface area contributed by atoms with Gasteiger partial charge in [-0.3, -0.25) is 0 Å². The van der Waals surface area contributed by atoms with Crippen molar-refractivity contribution in [2.45, 2.75) is 17.6 Å². The topological polar surface area (TPSA) is 72.4 Å². The predicted octanol–water partition coefficient (Wildman–Crippen LogP) is 4.13. The first-order valence-corrected chi connectivity index (χ1v) is 11.3. The Morgan fingerprint density at radius 1 is 1.13 bits per heavy atom. The smallest absolute Gasteiger partial charge is 0.422 e. The lowest BCUT2D eigenvalue weighted by Crippen LogP contribution is -2.28. The summed E-state index contributed by atoms with van der Waals surface area (Å²) in [6, 6.07) is 11.5. The van der Waals surface area contributed by atoms with Crippen molar-refractivity contribution >= 4 is 42.6 Å². The average molecular weight is 502 g/mol. The molecule has 0 atom stereocenters. The van der Waals surface area contributed by atoms with E-state index in [0.717, 1.165) is 0 Å². The van der Waals surface area contributed by atoms with Crippen LogP contribution in [0.3, 0.4) is 0 Å². The van der Waals surface area contributed by atoms with Crippen LogP contribution in [0, 0.1) is 0 Å². The zero-order valence-electron chi connectivity index (χ0n) is 15.4. The van der Waals surface area contributed by atoms with E-state index in [1.54, 1.807) is 47.4 Å².